The number of amides is 1. The highest BCUT2D eigenvalue weighted by Crippen LogP contribution is 2.34. The van der Waals surface area contributed by atoms with Crippen molar-refractivity contribution in [3.8, 4) is 16.9 Å². The summed E-state index contributed by atoms with van der Waals surface area (Å²) in [4.78, 5) is 13.7. The molecule has 3 rings (SSSR count). The van der Waals surface area contributed by atoms with Crippen molar-refractivity contribution < 1.29 is 15.0 Å². The highest BCUT2D eigenvalue weighted by Gasteiger charge is 2.13. The van der Waals surface area contributed by atoms with Gasteiger partial charge in [0.15, 0.2) is 0 Å². The standard InChI is InChI=1S/C20H18ClNO3/c1-22(2)20(25)14-4-7-18(21)16(10-14)13-3-6-15-12(9-13)5-8-19(24)17(15)11-23/h3-10,23-24H,11H2,1-2H3. The number of halogens is 1. The van der Waals surface area contributed by atoms with E-state index in [0.29, 0.717) is 16.1 Å². The van der Waals surface area contributed by atoms with Gasteiger partial charge in [0.2, 0.25) is 0 Å². The summed E-state index contributed by atoms with van der Waals surface area (Å²) in [5, 5.41) is 21.5. The van der Waals surface area contributed by atoms with Crippen molar-refractivity contribution >= 4 is 28.3 Å². The Labute approximate surface area is 150 Å². The summed E-state index contributed by atoms with van der Waals surface area (Å²) >= 11 is 6.35. The molecule has 0 radical (unpaired) electrons. The van der Waals surface area contributed by atoms with Gasteiger partial charge in [0.05, 0.1) is 6.61 Å². The third kappa shape index (κ3) is 3.18. The Hall–Kier alpha value is -2.56. The molecule has 0 spiro atoms. The van der Waals surface area contributed by atoms with E-state index in [2.05, 4.69) is 0 Å². The Morgan fingerprint density at radius 3 is 2.52 bits per heavy atom. The predicted molar refractivity (Wildman–Crippen MR) is 100.0 cm³/mol. The van der Waals surface area contributed by atoms with Crippen molar-refractivity contribution in [2.75, 3.05) is 14.1 Å². The van der Waals surface area contributed by atoms with Crippen LogP contribution in [0.2, 0.25) is 5.02 Å². The Balaban J connectivity index is 2.15. The molecule has 128 valence electrons. The summed E-state index contributed by atoms with van der Waals surface area (Å²) in [6, 6.07) is 14.2. The number of aliphatic hydroxyl groups is 1. The summed E-state index contributed by atoms with van der Waals surface area (Å²) in [5.74, 6) is -0.0226. The van der Waals surface area contributed by atoms with E-state index in [0.717, 1.165) is 21.9 Å². The summed E-state index contributed by atoms with van der Waals surface area (Å²) in [6.45, 7) is -0.240. The van der Waals surface area contributed by atoms with Crippen molar-refractivity contribution in [2.24, 2.45) is 0 Å². The molecule has 2 N–H and O–H groups in total. The largest absolute Gasteiger partial charge is 0.508 e. The van der Waals surface area contributed by atoms with Gasteiger partial charge in [-0.05, 0) is 46.7 Å². The zero-order valence-corrected chi connectivity index (χ0v) is 14.7. The minimum atomic E-state index is -0.240. The van der Waals surface area contributed by atoms with Gasteiger partial charge < -0.3 is 15.1 Å². The number of hydrogen-bond acceptors (Lipinski definition) is 3. The van der Waals surface area contributed by atoms with E-state index in [1.165, 1.54) is 4.90 Å². The van der Waals surface area contributed by atoms with Crippen LogP contribution < -0.4 is 0 Å². The minimum Gasteiger partial charge on any atom is -0.508 e. The topological polar surface area (TPSA) is 60.8 Å². The molecule has 1 amide bonds. The second kappa shape index (κ2) is 6.75. The number of aromatic hydroxyl groups is 1. The van der Waals surface area contributed by atoms with Gasteiger partial charge in [-0.1, -0.05) is 29.8 Å². The zero-order chi connectivity index (χ0) is 18.1. The van der Waals surface area contributed by atoms with Crippen LogP contribution in [0.25, 0.3) is 21.9 Å². The Morgan fingerprint density at radius 2 is 1.84 bits per heavy atom. The molecular weight excluding hydrogens is 338 g/mol. The Kier molecular flexibility index (Phi) is 4.66. The first-order chi connectivity index (χ1) is 11.9. The maximum Gasteiger partial charge on any atom is 0.253 e. The third-order valence-corrected chi connectivity index (χ3v) is 4.52. The smallest absolute Gasteiger partial charge is 0.253 e. The van der Waals surface area contributed by atoms with Gasteiger partial charge in [0.25, 0.3) is 5.91 Å². The van der Waals surface area contributed by atoms with Crippen LogP contribution in [-0.4, -0.2) is 35.1 Å². The average molecular weight is 356 g/mol. The second-order valence-corrected chi connectivity index (χ2v) is 6.46. The molecule has 0 unspecified atom stereocenters. The molecule has 0 aromatic heterocycles. The average Bonchev–Trinajstić information content (AvgIpc) is 2.61. The van der Waals surface area contributed by atoms with Gasteiger partial charge in [0, 0.05) is 35.8 Å². The molecule has 0 heterocycles. The molecule has 0 aliphatic heterocycles. The lowest BCUT2D eigenvalue weighted by atomic mass is 9.97. The lowest BCUT2D eigenvalue weighted by Crippen LogP contribution is -2.21. The number of rotatable bonds is 3. The fraction of sp³-hybridized carbons (Fsp3) is 0.150. The van der Waals surface area contributed by atoms with E-state index in [-0.39, 0.29) is 18.3 Å². The molecule has 0 aliphatic carbocycles. The van der Waals surface area contributed by atoms with Gasteiger partial charge in [-0.3, -0.25) is 4.79 Å². The Bertz CT molecular complexity index is 967. The molecule has 3 aromatic rings. The minimum absolute atomic E-state index is 0.0689. The molecule has 3 aromatic carbocycles. The van der Waals surface area contributed by atoms with E-state index in [9.17, 15) is 15.0 Å². The first-order valence-corrected chi connectivity index (χ1v) is 8.17. The number of carbonyl (C=O) groups excluding carboxylic acids is 1. The van der Waals surface area contributed by atoms with Crippen molar-refractivity contribution in [1.29, 1.82) is 0 Å². The summed E-state index contributed by atoms with van der Waals surface area (Å²) < 4.78 is 0. The van der Waals surface area contributed by atoms with E-state index in [4.69, 9.17) is 11.6 Å². The summed E-state index contributed by atoms with van der Waals surface area (Å²) in [6.07, 6.45) is 0. The molecule has 0 saturated carbocycles. The van der Waals surface area contributed by atoms with Crippen molar-refractivity contribution in [1.82, 2.24) is 4.90 Å². The lowest BCUT2D eigenvalue weighted by Gasteiger charge is -2.13. The second-order valence-electron chi connectivity index (χ2n) is 6.05. The third-order valence-electron chi connectivity index (χ3n) is 4.20. The van der Waals surface area contributed by atoms with Crippen LogP contribution in [-0.2, 0) is 6.61 Å². The number of phenols is 1. The molecule has 0 bridgehead atoms. The highest BCUT2D eigenvalue weighted by molar-refractivity contribution is 6.33. The molecule has 5 heteroatoms. The van der Waals surface area contributed by atoms with Gasteiger partial charge in [-0.25, -0.2) is 0 Å². The highest BCUT2D eigenvalue weighted by atomic mass is 35.5. The molecule has 0 fully saturated rings. The van der Waals surface area contributed by atoms with Crippen LogP contribution in [0.15, 0.2) is 48.5 Å². The maximum atomic E-state index is 12.2. The molecular formula is C20H18ClNO3. The lowest BCUT2D eigenvalue weighted by molar-refractivity contribution is 0.0827. The van der Waals surface area contributed by atoms with Crippen molar-refractivity contribution in [2.45, 2.75) is 6.61 Å². The number of benzene rings is 3. The number of nitrogens with zero attached hydrogens (tertiary/aromatic N) is 1. The van der Waals surface area contributed by atoms with Crippen LogP contribution in [0.5, 0.6) is 5.75 Å². The fourth-order valence-corrected chi connectivity index (χ4v) is 3.08. The number of fused-ring (bicyclic) bond motifs is 1. The number of hydrogen-bond donors (Lipinski definition) is 2. The van der Waals surface area contributed by atoms with Crippen LogP contribution in [0.3, 0.4) is 0 Å². The quantitative estimate of drug-likeness (QED) is 0.744. The van der Waals surface area contributed by atoms with Gasteiger partial charge in [0.1, 0.15) is 5.75 Å². The Morgan fingerprint density at radius 1 is 1.08 bits per heavy atom. The van der Waals surface area contributed by atoms with Gasteiger partial charge >= 0.3 is 0 Å². The summed E-state index contributed by atoms with van der Waals surface area (Å²) in [5.41, 5.74) is 2.67. The fourth-order valence-electron chi connectivity index (χ4n) is 2.85. The van der Waals surface area contributed by atoms with Crippen LogP contribution >= 0.6 is 11.6 Å². The van der Waals surface area contributed by atoms with E-state index in [1.807, 2.05) is 18.2 Å². The molecule has 4 nitrogen and oxygen atoms in total. The monoisotopic (exact) mass is 355 g/mol. The van der Waals surface area contributed by atoms with Gasteiger partial charge in [-0.2, -0.15) is 0 Å². The normalized spacial score (nSPS) is 10.9. The molecule has 0 aliphatic rings. The zero-order valence-electron chi connectivity index (χ0n) is 14.0. The maximum absolute atomic E-state index is 12.2. The van der Waals surface area contributed by atoms with E-state index < -0.39 is 0 Å². The van der Waals surface area contributed by atoms with Crippen molar-refractivity contribution in [3.05, 3.63) is 64.7 Å². The van der Waals surface area contributed by atoms with E-state index >= 15 is 0 Å². The SMILES string of the molecule is CN(C)C(=O)c1ccc(Cl)c(-c2ccc3c(CO)c(O)ccc3c2)c1. The van der Waals surface area contributed by atoms with Crippen LogP contribution in [0.4, 0.5) is 0 Å². The predicted octanol–water partition coefficient (Wildman–Crippen LogP) is 4.06. The van der Waals surface area contributed by atoms with Gasteiger partial charge in [-0.15, -0.1) is 0 Å². The van der Waals surface area contributed by atoms with Crippen LogP contribution in [0, 0.1) is 0 Å². The molecule has 25 heavy (non-hydrogen) atoms. The first kappa shape index (κ1) is 17.3. The molecule has 0 atom stereocenters. The molecule has 0 saturated heterocycles. The van der Waals surface area contributed by atoms with E-state index in [1.54, 1.807) is 44.4 Å². The summed E-state index contributed by atoms with van der Waals surface area (Å²) in [7, 11) is 3.41. The van der Waals surface area contributed by atoms with Crippen molar-refractivity contribution in [3.63, 3.8) is 0 Å². The van der Waals surface area contributed by atoms with Crippen LogP contribution in [0.1, 0.15) is 15.9 Å². The number of aliphatic hydroxyl groups excluding tert-OH is 1. The number of carbonyl (C=O) groups is 1. The first-order valence-electron chi connectivity index (χ1n) is 7.79.